The largest absolute Gasteiger partial charge is 0.369 e. The molecule has 0 radical (unpaired) electrons. The van der Waals surface area contributed by atoms with Gasteiger partial charge < -0.3 is 11.1 Å². The van der Waals surface area contributed by atoms with E-state index in [1.165, 1.54) is 6.07 Å². The maximum atomic E-state index is 11.6. The van der Waals surface area contributed by atoms with Gasteiger partial charge in [0, 0.05) is 11.8 Å². The van der Waals surface area contributed by atoms with E-state index in [9.17, 15) is 14.9 Å². The number of hydrogen-bond acceptors (Lipinski definition) is 4. The highest BCUT2D eigenvalue weighted by Crippen LogP contribution is 2.32. The number of nitrogens with zero attached hydrogens (tertiary/aromatic N) is 2. The summed E-state index contributed by atoms with van der Waals surface area (Å²) >= 11 is 5.65. The van der Waals surface area contributed by atoms with E-state index in [4.69, 9.17) is 18.0 Å². The van der Waals surface area contributed by atoms with E-state index in [2.05, 4.69) is 5.32 Å². The number of hydrogen-bond donors (Lipinski definition) is 2. The van der Waals surface area contributed by atoms with Crippen molar-refractivity contribution in [1.82, 2.24) is 0 Å². The van der Waals surface area contributed by atoms with Gasteiger partial charge in [-0.15, -0.1) is 0 Å². The quantitative estimate of drug-likeness (QED) is 0.347. The average Bonchev–Trinajstić information content (AvgIpc) is 2.71. The minimum Gasteiger partial charge on any atom is -0.369 e. The third kappa shape index (κ3) is 4.79. The number of benzene rings is 3. The second-order valence-corrected chi connectivity index (χ2v) is 7.03. The Labute approximate surface area is 179 Å². The first-order valence-electron chi connectivity index (χ1n) is 9.14. The van der Waals surface area contributed by atoms with Crippen LogP contribution in [0.4, 0.5) is 22.7 Å². The van der Waals surface area contributed by atoms with Gasteiger partial charge in [0.05, 0.1) is 17.0 Å². The SMILES string of the molecule is Cc1ccc(N(C(=S)Nc2ccccc2[N+](=O)[O-])c2ccccc2CC(N)=O)cc1. The lowest BCUT2D eigenvalue weighted by Gasteiger charge is -2.28. The molecule has 0 heterocycles. The first-order chi connectivity index (χ1) is 14.4. The van der Waals surface area contributed by atoms with Gasteiger partial charge in [0.2, 0.25) is 5.91 Å². The smallest absolute Gasteiger partial charge is 0.292 e. The average molecular weight is 420 g/mol. The Bertz CT molecular complexity index is 1100. The van der Waals surface area contributed by atoms with Crippen molar-refractivity contribution >= 4 is 46.0 Å². The lowest BCUT2D eigenvalue weighted by Crippen LogP contribution is -2.32. The molecule has 7 nitrogen and oxygen atoms in total. The van der Waals surface area contributed by atoms with Crippen LogP contribution in [0.2, 0.25) is 0 Å². The van der Waals surface area contributed by atoms with Crippen LogP contribution in [0.1, 0.15) is 11.1 Å². The first-order valence-corrected chi connectivity index (χ1v) is 9.55. The van der Waals surface area contributed by atoms with E-state index < -0.39 is 10.8 Å². The van der Waals surface area contributed by atoms with Gasteiger partial charge in [0.1, 0.15) is 5.69 Å². The molecule has 3 rings (SSSR count). The minimum atomic E-state index is -0.470. The molecule has 0 saturated heterocycles. The number of aryl methyl sites for hydroxylation is 1. The number of para-hydroxylation sites is 3. The Morgan fingerprint density at radius 1 is 1.07 bits per heavy atom. The maximum absolute atomic E-state index is 11.6. The van der Waals surface area contributed by atoms with Crippen LogP contribution < -0.4 is 16.0 Å². The number of thiocarbonyl (C=S) groups is 1. The summed E-state index contributed by atoms with van der Waals surface area (Å²) in [6.07, 6.45) is 0.0344. The number of nitrogens with two attached hydrogens (primary N) is 1. The minimum absolute atomic E-state index is 0.0344. The highest BCUT2D eigenvalue weighted by molar-refractivity contribution is 7.80. The molecule has 0 aliphatic heterocycles. The van der Waals surface area contributed by atoms with Gasteiger partial charge in [-0.1, -0.05) is 48.0 Å². The van der Waals surface area contributed by atoms with Gasteiger partial charge in [-0.05, 0) is 49.0 Å². The number of nitro groups is 1. The van der Waals surface area contributed by atoms with E-state index in [0.717, 1.165) is 11.3 Å². The molecule has 0 aliphatic rings. The number of carbonyl (C=O) groups is 1. The Morgan fingerprint density at radius 2 is 1.70 bits per heavy atom. The van der Waals surface area contributed by atoms with Crippen molar-refractivity contribution in [3.63, 3.8) is 0 Å². The van der Waals surface area contributed by atoms with Crippen LogP contribution in [0.3, 0.4) is 0 Å². The summed E-state index contributed by atoms with van der Waals surface area (Å²) in [4.78, 5) is 24.2. The van der Waals surface area contributed by atoms with E-state index in [0.29, 0.717) is 11.3 Å². The van der Waals surface area contributed by atoms with Crippen LogP contribution in [0.25, 0.3) is 0 Å². The predicted molar refractivity (Wildman–Crippen MR) is 122 cm³/mol. The number of rotatable bonds is 6. The standard InChI is InChI=1S/C22H20N4O3S/c1-15-10-12-17(13-11-15)25(19-8-4-2-6-16(19)14-21(23)27)22(30)24-18-7-3-5-9-20(18)26(28)29/h2-13H,14H2,1H3,(H2,23,27)(H,24,30). The molecule has 3 aromatic carbocycles. The number of nitrogens with one attached hydrogen (secondary N) is 1. The summed E-state index contributed by atoms with van der Waals surface area (Å²) in [6, 6.07) is 21.2. The molecule has 0 atom stereocenters. The molecular formula is C22H20N4O3S. The second-order valence-electron chi connectivity index (χ2n) is 6.65. The fourth-order valence-corrected chi connectivity index (χ4v) is 3.35. The number of anilines is 3. The van der Waals surface area contributed by atoms with Gasteiger partial charge in [0.25, 0.3) is 5.69 Å². The third-order valence-corrected chi connectivity index (χ3v) is 4.72. The Morgan fingerprint density at radius 3 is 2.37 bits per heavy atom. The van der Waals surface area contributed by atoms with Crippen molar-refractivity contribution < 1.29 is 9.72 Å². The van der Waals surface area contributed by atoms with Crippen LogP contribution in [-0.2, 0) is 11.2 Å². The molecular weight excluding hydrogens is 400 g/mol. The summed E-state index contributed by atoms with van der Waals surface area (Å²) in [5.74, 6) is -0.469. The fourth-order valence-electron chi connectivity index (χ4n) is 3.04. The van der Waals surface area contributed by atoms with Crippen molar-refractivity contribution in [1.29, 1.82) is 0 Å². The monoisotopic (exact) mass is 420 g/mol. The molecule has 0 unspecified atom stereocenters. The molecule has 3 aromatic rings. The maximum Gasteiger partial charge on any atom is 0.292 e. The van der Waals surface area contributed by atoms with Gasteiger partial charge in [-0.25, -0.2) is 0 Å². The van der Waals surface area contributed by atoms with Crippen molar-refractivity contribution in [2.24, 2.45) is 5.73 Å². The van der Waals surface area contributed by atoms with Crippen LogP contribution in [0, 0.1) is 17.0 Å². The van der Waals surface area contributed by atoms with Crippen LogP contribution >= 0.6 is 12.2 Å². The van der Waals surface area contributed by atoms with Gasteiger partial charge in [-0.3, -0.25) is 19.8 Å². The molecule has 8 heteroatoms. The number of primary amides is 1. The predicted octanol–water partition coefficient (Wildman–Crippen LogP) is 4.47. The second kappa shape index (κ2) is 9.15. The third-order valence-electron chi connectivity index (χ3n) is 4.43. The van der Waals surface area contributed by atoms with Gasteiger partial charge in [0.15, 0.2) is 5.11 Å². The molecule has 0 aromatic heterocycles. The normalized spacial score (nSPS) is 10.3. The number of amides is 1. The summed E-state index contributed by atoms with van der Waals surface area (Å²) in [5.41, 5.74) is 8.78. The van der Waals surface area contributed by atoms with Gasteiger partial charge in [-0.2, -0.15) is 0 Å². The first kappa shape index (κ1) is 20.9. The van der Waals surface area contributed by atoms with Crippen molar-refractivity contribution in [2.45, 2.75) is 13.3 Å². The van der Waals surface area contributed by atoms with Crippen molar-refractivity contribution in [2.75, 3.05) is 10.2 Å². The highest BCUT2D eigenvalue weighted by Gasteiger charge is 2.21. The molecule has 30 heavy (non-hydrogen) atoms. The summed E-state index contributed by atoms with van der Waals surface area (Å²) < 4.78 is 0. The molecule has 0 spiro atoms. The van der Waals surface area contributed by atoms with Crippen LogP contribution in [0.15, 0.2) is 72.8 Å². The summed E-state index contributed by atoms with van der Waals surface area (Å²) in [7, 11) is 0. The molecule has 1 amide bonds. The zero-order valence-electron chi connectivity index (χ0n) is 16.2. The molecule has 152 valence electrons. The van der Waals surface area contributed by atoms with Gasteiger partial charge >= 0.3 is 0 Å². The van der Waals surface area contributed by atoms with E-state index in [1.807, 2.05) is 49.4 Å². The van der Waals surface area contributed by atoms with Crippen molar-refractivity contribution in [3.05, 3.63) is 94.0 Å². The van der Waals surface area contributed by atoms with E-state index in [-0.39, 0.29) is 22.9 Å². The summed E-state index contributed by atoms with van der Waals surface area (Å²) in [5, 5.41) is 14.6. The van der Waals surface area contributed by atoms with Crippen molar-refractivity contribution in [3.8, 4) is 0 Å². The molecule has 0 bridgehead atoms. The molecule has 0 aliphatic carbocycles. The van der Waals surface area contributed by atoms with Crippen LogP contribution in [-0.4, -0.2) is 15.9 Å². The molecule has 0 saturated carbocycles. The number of nitro benzene ring substituents is 1. The Balaban J connectivity index is 2.07. The Hall–Kier alpha value is -3.78. The lowest BCUT2D eigenvalue weighted by molar-refractivity contribution is -0.383. The van der Waals surface area contributed by atoms with E-state index >= 15 is 0 Å². The molecule has 0 fully saturated rings. The highest BCUT2D eigenvalue weighted by atomic mass is 32.1. The zero-order valence-corrected chi connectivity index (χ0v) is 17.1. The lowest BCUT2D eigenvalue weighted by atomic mass is 10.1. The topological polar surface area (TPSA) is 102 Å². The van der Waals surface area contributed by atoms with E-state index in [1.54, 1.807) is 29.2 Å². The molecule has 3 N–H and O–H groups in total. The number of carbonyl (C=O) groups excluding carboxylic acids is 1. The fraction of sp³-hybridized carbons (Fsp3) is 0.0909. The zero-order chi connectivity index (χ0) is 21.7. The summed E-state index contributed by atoms with van der Waals surface area (Å²) in [6.45, 7) is 1.97. The Kier molecular flexibility index (Phi) is 6.38. The van der Waals surface area contributed by atoms with Crippen LogP contribution in [0.5, 0.6) is 0 Å².